The number of thiophene rings is 1. The van der Waals surface area contributed by atoms with Crippen molar-refractivity contribution in [2.24, 2.45) is 0 Å². The van der Waals surface area contributed by atoms with Crippen LogP contribution >= 0.6 is 11.3 Å². The zero-order chi connectivity index (χ0) is 16.2. The molecule has 1 atom stereocenters. The Morgan fingerprint density at radius 2 is 2.39 bits per heavy atom. The van der Waals surface area contributed by atoms with E-state index in [9.17, 15) is 4.79 Å². The molecule has 23 heavy (non-hydrogen) atoms. The van der Waals surface area contributed by atoms with Crippen molar-refractivity contribution in [1.29, 1.82) is 0 Å². The van der Waals surface area contributed by atoms with Crippen LogP contribution in [-0.4, -0.2) is 35.2 Å². The van der Waals surface area contributed by atoms with E-state index in [1.165, 1.54) is 0 Å². The van der Waals surface area contributed by atoms with E-state index in [4.69, 9.17) is 9.26 Å². The second-order valence-electron chi connectivity index (χ2n) is 6.22. The summed E-state index contributed by atoms with van der Waals surface area (Å²) in [7, 11) is 0. The zero-order valence-electron chi connectivity index (χ0n) is 13.5. The van der Waals surface area contributed by atoms with Gasteiger partial charge < -0.3 is 14.2 Å². The smallest absolute Gasteiger partial charge is 0.276 e. The number of carbonyl (C=O) groups excluding carboxylic acids is 1. The van der Waals surface area contributed by atoms with E-state index in [0.29, 0.717) is 18.8 Å². The summed E-state index contributed by atoms with van der Waals surface area (Å²) in [6.07, 6.45) is 2.19. The van der Waals surface area contributed by atoms with Crippen molar-refractivity contribution in [1.82, 2.24) is 10.1 Å². The number of rotatable bonds is 6. The lowest BCUT2D eigenvalue weighted by molar-refractivity contribution is 0.0500. The van der Waals surface area contributed by atoms with Gasteiger partial charge in [-0.1, -0.05) is 19.0 Å². The van der Waals surface area contributed by atoms with E-state index < -0.39 is 0 Å². The van der Waals surface area contributed by atoms with E-state index in [1.807, 2.05) is 30.2 Å². The minimum atomic E-state index is -0.0950. The average Bonchev–Trinajstić information content (AvgIpc) is 3.28. The van der Waals surface area contributed by atoms with E-state index in [-0.39, 0.29) is 17.9 Å². The molecule has 0 saturated carbocycles. The number of ether oxygens (including phenoxy) is 1. The van der Waals surface area contributed by atoms with E-state index in [0.717, 1.165) is 30.8 Å². The first-order valence-corrected chi connectivity index (χ1v) is 8.96. The van der Waals surface area contributed by atoms with Gasteiger partial charge in [0.05, 0.1) is 6.10 Å². The van der Waals surface area contributed by atoms with Crippen LogP contribution in [0.2, 0.25) is 0 Å². The molecule has 1 aliphatic rings. The molecule has 6 heteroatoms. The highest BCUT2D eigenvalue weighted by atomic mass is 32.1. The van der Waals surface area contributed by atoms with Gasteiger partial charge in [0.2, 0.25) is 0 Å². The van der Waals surface area contributed by atoms with Crippen molar-refractivity contribution in [3.05, 3.63) is 39.9 Å². The van der Waals surface area contributed by atoms with Gasteiger partial charge in [-0.2, -0.15) is 11.3 Å². The van der Waals surface area contributed by atoms with E-state index >= 15 is 0 Å². The number of amides is 1. The summed E-state index contributed by atoms with van der Waals surface area (Å²) >= 11 is 1.64. The summed E-state index contributed by atoms with van der Waals surface area (Å²) < 4.78 is 11.0. The summed E-state index contributed by atoms with van der Waals surface area (Å²) in [5.74, 6) is 0.857. The lowest BCUT2D eigenvalue weighted by Crippen LogP contribution is -2.37. The molecule has 3 heterocycles. The fraction of sp³-hybridized carbons (Fsp3) is 0.529. The van der Waals surface area contributed by atoms with E-state index in [2.05, 4.69) is 10.5 Å². The Hall–Kier alpha value is -1.66. The molecule has 2 aromatic rings. The standard InChI is InChI=1S/C17H22N2O3S/c1-12(2)16-8-15(18-22-16)17(20)19(9-13-5-7-23-11-13)10-14-4-3-6-21-14/h5,7-8,11-12,14H,3-4,6,9-10H2,1-2H3/t14-/m0/s1. The first-order valence-electron chi connectivity index (χ1n) is 8.02. The van der Waals surface area contributed by atoms with Gasteiger partial charge in [-0.05, 0) is 35.2 Å². The van der Waals surface area contributed by atoms with Crippen LogP contribution in [0.25, 0.3) is 0 Å². The molecule has 5 nitrogen and oxygen atoms in total. The van der Waals surface area contributed by atoms with Crippen molar-refractivity contribution in [2.75, 3.05) is 13.2 Å². The maximum atomic E-state index is 12.8. The first kappa shape index (κ1) is 16.2. The third-order valence-electron chi connectivity index (χ3n) is 4.01. The highest BCUT2D eigenvalue weighted by Crippen LogP contribution is 2.20. The molecule has 1 saturated heterocycles. The molecule has 124 valence electrons. The Labute approximate surface area is 140 Å². The largest absolute Gasteiger partial charge is 0.376 e. The zero-order valence-corrected chi connectivity index (χ0v) is 14.3. The van der Waals surface area contributed by atoms with Crippen molar-refractivity contribution in [2.45, 2.75) is 45.3 Å². The lowest BCUT2D eigenvalue weighted by atomic mass is 10.1. The summed E-state index contributed by atoms with van der Waals surface area (Å²) in [5, 5.41) is 8.05. The fourth-order valence-electron chi connectivity index (χ4n) is 2.68. The molecule has 1 amide bonds. The number of hydrogen-bond donors (Lipinski definition) is 0. The normalized spacial score (nSPS) is 17.8. The molecule has 0 N–H and O–H groups in total. The second kappa shape index (κ2) is 7.27. The summed E-state index contributed by atoms with van der Waals surface area (Å²) in [6, 6.07) is 3.80. The van der Waals surface area contributed by atoms with E-state index in [1.54, 1.807) is 17.4 Å². The molecule has 1 fully saturated rings. The van der Waals surface area contributed by atoms with Crippen LogP contribution in [0.15, 0.2) is 27.4 Å². The minimum Gasteiger partial charge on any atom is -0.376 e. The van der Waals surface area contributed by atoms with Crippen LogP contribution in [0.4, 0.5) is 0 Å². The second-order valence-corrected chi connectivity index (χ2v) is 7.00. The van der Waals surface area contributed by atoms with Crippen LogP contribution < -0.4 is 0 Å². The number of nitrogens with zero attached hydrogens (tertiary/aromatic N) is 2. The quantitative estimate of drug-likeness (QED) is 0.808. The maximum Gasteiger partial charge on any atom is 0.276 e. The number of aromatic nitrogens is 1. The molecule has 0 aromatic carbocycles. The monoisotopic (exact) mass is 334 g/mol. The van der Waals surface area contributed by atoms with Gasteiger partial charge in [0, 0.05) is 31.7 Å². The maximum absolute atomic E-state index is 12.8. The molecule has 0 spiro atoms. The summed E-state index contributed by atoms with van der Waals surface area (Å²) in [4.78, 5) is 14.7. The van der Waals surface area contributed by atoms with Gasteiger partial charge in [-0.3, -0.25) is 4.79 Å². The summed E-state index contributed by atoms with van der Waals surface area (Å²) in [6.45, 7) is 5.99. The predicted molar refractivity (Wildman–Crippen MR) is 88.6 cm³/mol. The van der Waals surface area contributed by atoms with Gasteiger partial charge in [0.1, 0.15) is 5.76 Å². The number of hydrogen-bond acceptors (Lipinski definition) is 5. The Kier molecular flexibility index (Phi) is 5.13. The van der Waals surface area contributed by atoms with Crippen molar-refractivity contribution in [3.8, 4) is 0 Å². The Balaban J connectivity index is 1.75. The molecule has 2 aromatic heterocycles. The van der Waals surface area contributed by atoms with Crippen LogP contribution in [0.3, 0.4) is 0 Å². The Morgan fingerprint density at radius 3 is 3.00 bits per heavy atom. The SMILES string of the molecule is CC(C)c1cc(C(=O)N(Cc2ccsc2)C[C@@H]2CCCO2)no1. The van der Waals surface area contributed by atoms with Gasteiger partial charge in [0.25, 0.3) is 5.91 Å². The fourth-order valence-corrected chi connectivity index (χ4v) is 3.34. The van der Waals surface area contributed by atoms with Crippen LogP contribution in [0.5, 0.6) is 0 Å². The van der Waals surface area contributed by atoms with Crippen molar-refractivity contribution in [3.63, 3.8) is 0 Å². The highest BCUT2D eigenvalue weighted by Gasteiger charge is 2.26. The molecular weight excluding hydrogens is 312 g/mol. The average molecular weight is 334 g/mol. The highest BCUT2D eigenvalue weighted by molar-refractivity contribution is 7.07. The topological polar surface area (TPSA) is 55.6 Å². The Morgan fingerprint density at radius 1 is 1.52 bits per heavy atom. The van der Waals surface area contributed by atoms with Gasteiger partial charge >= 0.3 is 0 Å². The van der Waals surface area contributed by atoms with Gasteiger partial charge in [0.15, 0.2) is 5.69 Å². The first-order chi connectivity index (χ1) is 11.1. The molecule has 0 unspecified atom stereocenters. The molecular formula is C17H22N2O3S. The lowest BCUT2D eigenvalue weighted by Gasteiger charge is -2.24. The minimum absolute atomic E-state index is 0.0950. The predicted octanol–water partition coefficient (Wildman–Crippen LogP) is 3.68. The molecule has 0 radical (unpaired) electrons. The molecule has 3 rings (SSSR count). The third kappa shape index (κ3) is 4.00. The molecule has 0 bridgehead atoms. The molecule has 0 aliphatic carbocycles. The van der Waals surface area contributed by atoms with Crippen LogP contribution in [0, 0.1) is 0 Å². The summed E-state index contributed by atoms with van der Waals surface area (Å²) in [5.41, 5.74) is 1.51. The van der Waals surface area contributed by atoms with Crippen molar-refractivity contribution >= 4 is 17.2 Å². The van der Waals surface area contributed by atoms with Crippen LogP contribution in [-0.2, 0) is 11.3 Å². The number of carbonyl (C=O) groups is 1. The Bertz CT molecular complexity index is 630. The van der Waals surface area contributed by atoms with Gasteiger partial charge in [-0.25, -0.2) is 0 Å². The van der Waals surface area contributed by atoms with Gasteiger partial charge in [-0.15, -0.1) is 0 Å². The third-order valence-corrected chi connectivity index (χ3v) is 4.74. The van der Waals surface area contributed by atoms with Crippen molar-refractivity contribution < 1.29 is 14.1 Å². The van der Waals surface area contributed by atoms with Crippen LogP contribution in [0.1, 0.15) is 54.4 Å². The molecule has 1 aliphatic heterocycles.